The summed E-state index contributed by atoms with van der Waals surface area (Å²) in [5.41, 5.74) is 3.25. The van der Waals surface area contributed by atoms with Crippen molar-refractivity contribution >= 4 is 50.3 Å². The Morgan fingerprint density at radius 3 is 2.38 bits per heavy atom. The first kappa shape index (κ1) is 14.8. The van der Waals surface area contributed by atoms with Gasteiger partial charge in [-0.3, -0.25) is 0 Å². The summed E-state index contributed by atoms with van der Waals surface area (Å²) in [5, 5.41) is -0.280. The van der Waals surface area contributed by atoms with E-state index in [9.17, 15) is 4.79 Å². The van der Waals surface area contributed by atoms with Gasteiger partial charge in [-0.2, -0.15) is 0 Å². The van der Waals surface area contributed by atoms with Gasteiger partial charge in [-0.25, -0.2) is 4.79 Å². The molecular weight excluding hydrogens is 372 g/mol. The van der Waals surface area contributed by atoms with Crippen LogP contribution in [-0.2, 0) is 0 Å². The van der Waals surface area contributed by atoms with Crippen LogP contribution in [0.25, 0.3) is 11.0 Å². The number of benzene rings is 2. The van der Waals surface area contributed by atoms with Gasteiger partial charge in [0, 0.05) is 9.37 Å². The van der Waals surface area contributed by atoms with Gasteiger partial charge in [-0.05, 0) is 41.6 Å². The van der Waals surface area contributed by atoms with Crippen molar-refractivity contribution in [3.05, 3.63) is 62.5 Å². The molecule has 1 atom stereocenters. The van der Waals surface area contributed by atoms with E-state index in [0.717, 1.165) is 26.6 Å². The molecular formula is C15H12BrClN2OS. The average molecular weight is 384 g/mol. The highest BCUT2D eigenvalue weighted by Crippen LogP contribution is 2.36. The topological polar surface area (TPSA) is 48.6 Å². The van der Waals surface area contributed by atoms with Crippen molar-refractivity contribution in [3.8, 4) is 0 Å². The fourth-order valence-corrected chi connectivity index (χ4v) is 3.66. The normalized spacial score (nSPS) is 12.7. The van der Waals surface area contributed by atoms with Crippen LogP contribution in [0, 0.1) is 0 Å². The van der Waals surface area contributed by atoms with E-state index in [1.165, 1.54) is 4.90 Å². The van der Waals surface area contributed by atoms with Crippen molar-refractivity contribution in [2.24, 2.45) is 0 Å². The predicted molar refractivity (Wildman–Crippen MR) is 92.5 cm³/mol. The molecule has 0 amide bonds. The smallest absolute Gasteiger partial charge is 0.306 e. The second kappa shape index (κ2) is 5.91. The van der Waals surface area contributed by atoms with Crippen LogP contribution in [0.3, 0.4) is 0 Å². The standard InChI is InChI=1S/C15H12BrClN2OS/c1-21-9-4-2-8(3-5-9)14(17)10-6-12-13(7-11(10)16)19-15(20)18-12/h2-7,14H,1H3,(H2,18,19,20). The Morgan fingerprint density at radius 1 is 1.14 bits per heavy atom. The van der Waals surface area contributed by atoms with Gasteiger partial charge in [-0.1, -0.05) is 28.1 Å². The van der Waals surface area contributed by atoms with Crippen LogP contribution in [-0.4, -0.2) is 16.2 Å². The highest BCUT2D eigenvalue weighted by atomic mass is 79.9. The molecule has 6 heteroatoms. The van der Waals surface area contributed by atoms with Crippen LogP contribution >= 0.6 is 39.3 Å². The maximum absolute atomic E-state index is 11.4. The number of imidazole rings is 1. The predicted octanol–water partition coefficient (Wildman–Crippen LogP) is 4.67. The first-order valence-corrected chi connectivity index (χ1v) is 8.73. The minimum absolute atomic E-state index is 0.218. The van der Waals surface area contributed by atoms with Crippen molar-refractivity contribution in [1.29, 1.82) is 0 Å². The lowest BCUT2D eigenvalue weighted by molar-refractivity contribution is 1.12. The molecule has 3 nitrogen and oxygen atoms in total. The van der Waals surface area contributed by atoms with Crippen molar-refractivity contribution < 1.29 is 0 Å². The molecule has 1 heterocycles. The third-order valence-corrected chi connectivity index (χ3v) is 5.23. The molecule has 3 rings (SSSR count). The molecule has 0 aliphatic rings. The van der Waals surface area contributed by atoms with E-state index in [2.05, 4.69) is 38.0 Å². The number of aromatic amines is 2. The number of hydrogen-bond acceptors (Lipinski definition) is 2. The first-order chi connectivity index (χ1) is 10.1. The Hall–Kier alpha value is -1.17. The first-order valence-electron chi connectivity index (χ1n) is 6.28. The van der Waals surface area contributed by atoms with Crippen LogP contribution in [0.4, 0.5) is 0 Å². The summed E-state index contributed by atoms with van der Waals surface area (Å²) in [7, 11) is 0. The summed E-state index contributed by atoms with van der Waals surface area (Å²) in [6.45, 7) is 0. The van der Waals surface area contributed by atoms with Gasteiger partial charge < -0.3 is 9.97 Å². The molecule has 0 bridgehead atoms. The van der Waals surface area contributed by atoms with E-state index in [1.807, 2.05) is 30.5 Å². The monoisotopic (exact) mass is 382 g/mol. The molecule has 0 saturated carbocycles. The van der Waals surface area contributed by atoms with E-state index < -0.39 is 0 Å². The molecule has 0 fully saturated rings. The summed E-state index contributed by atoms with van der Waals surface area (Å²) in [6, 6.07) is 11.9. The largest absolute Gasteiger partial charge is 0.323 e. The van der Waals surface area contributed by atoms with Crippen LogP contribution in [0.15, 0.2) is 50.6 Å². The Balaban J connectivity index is 2.04. The fraction of sp³-hybridized carbons (Fsp3) is 0.133. The molecule has 2 aromatic carbocycles. The SMILES string of the molecule is CSc1ccc(C(Cl)c2cc3[nH]c(=O)[nH]c3cc2Br)cc1. The number of thioether (sulfide) groups is 1. The van der Waals surface area contributed by atoms with Gasteiger partial charge in [-0.15, -0.1) is 23.4 Å². The lowest BCUT2D eigenvalue weighted by Gasteiger charge is -2.13. The van der Waals surface area contributed by atoms with E-state index in [0.29, 0.717) is 0 Å². The van der Waals surface area contributed by atoms with E-state index in [4.69, 9.17) is 11.6 Å². The molecule has 21 heavy (non-hydrogen) atoms. The van der Waals surface area contributed by atoms with Crippen LogP contribution < -0.4 is 5.69 Å². The molecule has 1 unspecified atom stereocenters. The minimum Gasteiger partial charge on any atom is -0.306 e. The zero-order valence-electron chi connectivity index (χ0n) is 11.1. The molecule has 0 radical (unpaired) electrons. The number of fused-ring (bicyclic) bond motifs is 1. The minimum atomic E-state index is -0.280. The Kier molecular flexibility index (Phi) is 4.15. The number of H-pyrrole nitrogens is 2. The number of halogens is 2. The fourth-order valence-electron chi connectivity index (χ4n) is 2.22. The van der Waals surface area contributed by atoms with E-state index in [1.54, 1.807) is 11.8 Å². The third kappa shape index (κ3) is 2.91. The van der Waals surface area contributed by atoms with Gasteiger partial charge in [0.05, 0.1) is 16.4 Å². The van der Waals surface area contributed by atoms with Crippen LogP contribution in [0.2, 0.25) is 0 Å². The summed E-state index contributed by atoms with van der Waals surface area (Å²) < 4.78 is 0.874. The Labute approximate surface area is 139 Å². The highest BCUT2D eigenvalue weighted by molar-refractivity contribution is 9.10. The second-order valence-electron chi connectivity index (χ2n) is 4.63. The number of rotatable bonds is 3. The number of hydrogen-bond donors (Lipinski definition) is 2. The second-order valence-corrected chi connectivity index (χ2v) is 6.80. The Bertz CT molecular complexity index is 841. The summed E-state index contributed by atoms with van der Waals surface area (Å²) >= 11 is 11.8. The van der Waals surface area contributed by atoms with Crippen LogP contribution in [0.5, 0.6) is 0 Å². The lowest BCUT2D eigenvalue weighted by Crippen LogP contribution is -1.99. The van der Waals surface area contributed by atoms with Gasteiger partial charge in [0.15, 0.2) is 0 Å². The van der Waals surface area contributed by atoms with Crippen LogP contribution in [0.1, 0.15) is 16.5 Å². The maximum Gasteiger partial charge on any atom is 0.323 e. The highest BCUT2D eigenvalue weighted by Gasteiger charge is 2.16. The average Bonchev–Trinajstić information content (AvgIpc) is 2.85. The molecule has 3 aromatic rings. The molecule has 0 aliphatic carbocycles. The van der Waals surface area contributed by atoms with Crippen molar-refractivity contribution in [1.82, 2.24) is 9.97 Å². The molecule has 1 aromatic heterocycles. The van der Waals surface area contributed by atoms with Gasteiger partial charge in [0.1, 0.15) is 0 Å². The van der Waals surface area contributed by atoms with E-state index in [-0.39, 0.29) is 11.1 Å². The summed E-state index contributed by atoms with van der Waals surface area (Å²) in [6.07, 6.45) is 2.04. The molecule has 108 valence electrons. The quantitative estimate of drug-likeness (QED) is 0.510. The van der Waals surface area contributed by atoms with Crippen molar-refractivity contribution in [2.45, 2.75) is 10.3 Å². The Morgan fingerprint density at radius 2 is 1.76 bits per heavy atom. The van der Waals surface area contributed by atoms with Gasteiger partial charge >= 0.3 is 5.69 Å². The van der Waals surface area contributed by atoms with Gasteiger partial charge in [0.25, 0.3) is 0 Å². The number of alkyl halides is 1. The summed E-state index contributed by atoms with van der Waals surface area (Å²) in [4.78, 5) is 18.1. The number of aromatic nitrogens is 2. The molecule has 0 saturated heterocycles. The van der Waals surface area contributed by atoms with Gasteiger partial charge in [0.2, 0.25) is 0 Å². The molecule has 0 aliphatic heterocycles. The zero-order chi connectivity index (χ0) is 15.0. The van der Waals surface area contributed by atoms with Crippen molar-refractivity contribution in [2.75, 3.05) is 6.26 Å². The van der Waals surface area contributed by atoms with Crippen molar-refractivity contribution in [3.63, 3.8) is 0 Å². The lowest BCUT2D eigenvalue weighted by atomic mass is 10.0. The zero-order valence-corrected chi connectivity index (χ0v) is 14.3. The molecule has 0 spiro atoms. The molecule has 2 N–H and O–H groups in total. The number of nitrogens with one attached hydrogen (secondary N) is 2. The third-order valence-electron chi connectivity index (χ3n) is 3.31. The maximum atomic E-state index is 11.4. The summed E-state index contributed by atoms with van der Waals surface area (Å²) in [5.74, 6) is 0. The van der Waals surface area contributed by atoms with E-state index >= 15 is 0 Å².